The van der Waals surface area contributed by atoms with Crippen LogP contribution in [0.1, 0.15) is 0 Å². The van der Waals surface area contributed by atoms with Crippen molar-refractivity contribution in [3.8, 4) is 5.69 Å². The number of carbonyl (C=O) groups is 1. The molecule has 0 saturated heterocycles. The topological polar surface area (TPSA) is 99.6 Å². The van der Waals surface area contributed by atoms with Crippen molar-refractivity contribution in [1.82, 2.24) is 28.9 Å². The first-order valence-corrected chi connectivity index (χ1v) is 9.30. The van der Waals surface area contributed by atoms with Crippen LogP contribution in [0.25, 0.3) is 27.8 Å². The molecule has 2 aromatic carbocycles. The van der Waals surface area contributed by atoms with Crippen molar-refractivity contribution in [1.29, 1.82) is 0 Å². The third-order valence-corrected chi connectivity index (χ3v) is 4.91. The molecule has 3 aromatic heterocycles. The number of benzene rings is 2. The van der Waals surface area contributed by atoms with Crippen molar-refractivity contribution in [2.24, 2.45) is 7.05 Å². The Balaban J connectivity index is 1.33. The fraction of sp³-hybridized carbons (Fsp3) is 0.0952. The van der Waals surface area contributed by atoms with Gasteiger partial charge in [-0.1, -0.05) is 12.1 Å². The Morgan fingerprint density at radius 1 is 1.03 bits per heavy atom. The van der Waals surface area contributed by atoms with Gasteiger partial charge >= 0.3 is 0 Å². The van der Waals surface area contributed by atoms with E-state index in [2.05, 4.69) is 20.4 Å². The number of hydrogen-bond acceptors (Lipinski definition) is 5. The highest BCUT2D eigenvalue weighted by Crippen LogP contribution is 2.19. The minimum Gasteiger partial charge on any atom is -0.325 e. The van der Waals surface area contributed by atoms with E-state index in [9.17, 15) is 9.59 Å². The smallest absolute Gasteiger partial charge is 0.264 e. The van der Waals surface area contributed by atoms with Gasteiger partial charge in [-0.15, -0.1) is 0 Å². The minimum absolute atomic E-state index is 0.134. The zero-order valence-electron chi connectivity index (χ0n) is 16.1. The Labute approximate surface area is 170 Å². The lowest BCUT2D eigenvalue weighted by molar-refractivity contribution is -0.116. The summed E-state index contributed by atoms with van der Waals surface area (Å²) < 4.78 is 4.77. The maximum absolute atomic E-state index is 12.5. The predicted molar refractivity (Wildman–Crippen MR) is 112 cm³/mol. The monoisotopic (exact) mass is 399 g/mol. The lowest BCUT2D eigenvalue weighted by Gasteiger charge is -2.09. The summed E-state index contributed by atoms with van der Waals surface area (Å²) in [6, 6.07) is 15.3. The van der Waals surface area contributed by atoms with Gasteiger partial charge in [0.25, 0.3) is 5.56 Å². The number of aromatic nitrogens is 6. The first-order valence-electron chi connectivity index (χ1n) is 9.30. The molecule has 1 amide bonds. The standard InChI is InChI=1S/C21H17N7O2/c1-26-20-16(10-24-26)21(30)27(12-23-20)11-19(29)25-14-6-8-15(9-7-14)28-13-22-17-4-2-3-5-18(17)28/h2-10,12-13H,11H2,1H3,(H,25,29). The third-order valence-electron chi connectivity index (χ3n) is 4.91. The van der Waals surface area contributed by atoms with Crippen LogP contribution in [-0.4, -0.2) is 34.8 Å². The van der Waals surface area contributed by atoms with Crippen LogP contribution in [-0.2, 0) is 18.4 Å². The molecule has 148 valence electrons. The summed E-state index contributed by atoms with van der Waals surface area (Å²) in [5.41, 5.74) is 3.68. The first-order chi connectivity index (χ1) is 14.6. The van der Waals surface area contributed by atoms with Crippen molar-refractivity contribution in [2.75, 3.05) is 5.32 Å². The Hall–Kier alpha value is -4.27. The van der Waals surface area contributed by atoms with Crippen molar-refractivity contribution < 1.29 is 4.79 Å². The summed E-state index contributed by atoms with van der Waals surface area (Å²) in [4.78, 5) is 33.5. The van der Waals surface area contributed by atoms with Crippen LogP contribution in [0.3, 0.4) is 0 Å². The van der Waals surface area contributed by atoms with Gasteiger partial charge in [-0.25, -0.2) is 9.97 Å². The van der Waals surface area contributed by atoms with Gasteiger partial charge in [-0.3, -0.25) is 23.4 Å². The van der Waals surface area contributed by atoms with E-state index in [4.69, 9.17) is 0 Å². The number of nitrogens with zero attached hydrogens (tertiary/aromatic N) is 6. The summed E-state index contributed by atoms with van der Waals surface area (Å²) in [5.74, 6) is -0.317. The van der Waals surface area contributed by atoms with Gasteiger partial charge < -0.3 is 5.32 Å². The minimum atomic E-state index is -0.317. The van der Waals surface area contributed by atoms with E-state index in [0.29, 0.717) is 16.7 Å². The molecule has 0 aliphatic heterocycles. The summed E-state index contributed by atoms with van der Waals surface area (Å²) in [7, 11) is 1.71. The molecule has 0 fully saturated rings. The summed E-state index contributed by atoms with van der Waals surface area (Å²) in [5, 5.41) is 7.21. The predicted octanol–water partition coefficient (Wildman–Crippen LogP) is 2.11. The summed E-state index contributed by atoms with van der Waals surface area (Å²) in [6.07, 6.45) is 4.59. The maximum atomic E-state index is 12.5. The lowest BCUT2D eigenvalue weighted by atomic mass is 10.2. The molecule has 0 aliphatic carbocycles. The SMILES string of the molecule is Cn1ncc2c(=O)n(CC(=O)Nc3ccc(-n4cnc5ccccc54)cc3)cnc21. The van der Waals surface area contributed by atoms with Crippen molar-refractivity contribution >= 4 is 33.7 Å². The normalized spacial score (nSPS) is 11.2. The highest BCUT2D eigenvalue weighted by molar-refractivity contribution is 5.91. The largest absolute Gasteiger partial charge is 0.325 e. The number of aryl methyl sites for hydroxylation is 1. The first kappa shape index (κ1) is 17.8. The molecule has 0 saturated carbocycles. The molecule has 3 heterocycles. The number of amides is 1. The van der Waals surface area contributed by atoms with Crippen LogP contribution in [0.2, 0.25) is 0 Å². The number of fused-ring (bicyclic) bond motifs is 2. The highest BCUT2D eigenvalue weighted by atomic mass is 16.2. The fourth-order valence-corrected chi connectivity index (χ4v) is 3.40. The van der Waals surface area contributed by atoms with Crippen molar-refractivity contribution in [3.05, 3.63) is 77.7 Å². The molecule has 0 bridgehead atoms. The zero-order chi connectivity index (χ0) is 20.7. The Bertz CT molecular complexity index is 1440. The molecule has 30 heavy (non-hydrogen) atoms. The molecule has 9 heteroatoms. The second-order valence-electron chi connectivity index (χ2n) is 6.88. The van der Waals surface area contributed by atoms with E-state index in [1.807, 2.05) is 53.1 Å². The number of para-hydroxylation sites is 2. The molecule has 0 radical (unpaired) electrons. The van der Waals surface area contributed by atoms with E-state index in [1.54, 1.807) is 13.4 Å². The molecular formula is C21H17N7O2. The van der Waals surface area contributed by atoms with Crippen molar-refractivity contribution in [3.63, 3.8) is 0 Å². The van der Waals surface area contributed by atoms with Crippen LogP contribution >= 0.6 is 0 Å². The molecule has 0 unspecified atom stereocenters. The van der Waals surface area contributed by atoms with Crippen LogP contribution in [0.15, 0.2) is 72.2 Å². The maximum Gasteiger partial charge on any atom is 0.264 e. The molecule has 0 aliphatic rings. The Morgan fingerprint density at radius 3 is 2.67 bits per heavy atom. The van der Waals surface area contributed by atoms with Crippen molar-refractivity contribution in [2.45, 2.75) is 6.54 Å². The van der Waals surface area contributed by atoms with Crippen LogP contribution in [0, 0.1) is 0 Å². The number of carbonyl (C=O) groups excluding carboxylic acids is 1. The summed E-state index contributed by atoms with van der Waals surface area (Å²) >= 11 is 0. The fourth-order valence-electron chi connectivity index (χ4n) is 3.40. The molecular weight excluding hydrogens is 382 g/mol. The van der Waals surface area contributed by atoms with Crippen LogP contribution in [0.5, 0.6) is 0 Å². The van der Waals surface area contributed by atoms with E-state index >= 15 is 0 Å². The van der Waals surface area contributed by atoms with Gasteiger partial charge in [0.1, 0.15) is 24.6 Å². The van der Waals surface area contributed by atoms with Gasteiger partial charge in [-0.05, 0) is 36.4 Å². The van der Waals surface area contributed by atoms with E-state index < -0.39 is 0 Å². The molecule has 9 nitrogen and oxygen atoms in total. The van der Waals surface area contributed by atoms with Gasteiger partial charge in [0.2, 0.25) is 5.91 Å². The third kappa shape index (κ3) is 3.02. The Morgan fingerprint density at radius 2 is 1.83 bits per heavy atom. The molecule has 1 N–H and O–H groups in total. The molecule has 0 spiro atoms. The van der Waals surface area contributed by atoms with Gasteiger partial charge in [0, 0.05) is 18.4 Å². The number of anilines is 1. The second-order valence-corrected chi connectivity index (χ2v) is 6.88. The molecule has 5 rings (SSSR count). The Kier molecular flexibility index (Phi) is 4.13. The van der Waals surface area contributed by atoms with Gasteiger partial charge in [0.05, 0.1) is 17.2 Å². The number of nitrogens with one attached hydrogen (secondary N) is 1. The average Bonchev–Trinajstić information content (AvgIpc) is 3.35. The second kappa shape index (κ2) is 6.96. The lowest BCUT2D eigenvalue weighted by Crippen LogP contribution is -2.27. The number of hydrogen-bond donors (Lipinski definition) is 1. The van der Waals surface area contributed by atoms with E-state index in [0.717, 1.165) is 16.7 Å². The van der Waals surface area contributed by atoms with Gasteiger partial charge in [-0.2, -0.15) is 5.10 Å². The van der Waals surface area contributed by atoms with Gasteiger partial charge in [0.15, 0.2) is 5.65 Å². The van der Waals surface area contributed by atoms with Crippen LogP contribution < -0.4 is 10.9 Å². The summed E-state index contributed by atoms with van der Waals surface area (Å²) in [6.45, 7) is -0.134. The average molecular weight is 399 g/mol. The van der Waals surface area contributed by atoms with E-state index in [-0.39, 0.29) is 18.0 Å². The van der Waals surface area contributed by atoms with E-state index in [1.165, 1.54) is 21.8 Å². The highest BCUT2D eigenvalue weighted by Gasteiger charge is 2.11. The zero-order valence-corrected chi connectivity index (χ0v) is 16.1. The number of imidazole rings is 1. The molecule has 0 atom stereocenters. The number of rotatable bonds is 4. The van der Waals surface area contributed by atoms with Crippen LogP contribution in [0.4, 0.5) is 5.69 Å². The molecule has 5 aromatic rings. The quantitative estimate of drug-likeness (QED) is 0.499.